The van der Waals surface area contributed by atoms with Crippen molar-refractivity contribution in [2.45, 2.75) is 6.92 Å². The van der Waals surface area contributed by atoms with Gasteiger partial charge < -0.3 is 5.11 Å². The maximum atomic E-state index is 11.1. The second-order valence-corrected chi connectivity index (χ2v) is 4.59. The molecule has 0 bridgehead atoms. The van der Waals surface area contributed by atoms with Gasteiger partial charge in [-0.05, 0) is 64.2 Å². The van der Waals surface area contributed by atoms with Gasteiger partial charge in [0, 0.05) is 12.7 Å². The molecule has 4 heteroatoms. The number of Topliss-reactive ketones (excluding diaryl/α,β-unsaturated/α-hetero) is 1. The molecule has 1 aromatic rings. The fourth-order valence-electron chi connectivity index (χ4n) is 0.831. The molecule has 0 saturated heterocycles. The van der Waals surface area contributed by atoms with E-state index in [1.807, 2.05) is 0 Å². The highest BCUT2D eigenvalue weighted by atomic mass is 127. The third kappa shape index (κ3) is 2.09. The molecule has 0 unspecified atom stereocenters. The van der Waals surface area contributed by atoms with Crippen molar-refractivity contribution in [2.24, 2.45) is 0 Å². The summed E-state index contributed by atoms with van der Waals surface area (Å²) in [6.07, 6.45) is 0. The van der Waals surface area contributed by atoms with E-state index in [4.69, 9.17) is 0 Å². The zero-order valence-corrected chi connectivity index (χ0v) is 10.6. The quantitative estimate of drug-likeness (QED) is 0.594. The number of carbonyl (C=O) groups excluding carboxylic acids is 1. The van der Waals surface area contributed by atoms with Crippen molar-refractivity contribution in [3.8, 4) is 5.75 Å². The normalized spacial score (nSPS) is 9.92. The molecule has 0 radical (unpaired) electrons. The summed E-state index contributed by atoms with van der Waals surface area (Å²) in [7, 11) is 0. The lowest BCUT2D eigenvalue weighted by atomic mass is 10.1. The summed E-state index contributed by atoms with van der Waals surface area (Å²) in [5.74, 6) is 0.123. The first-order chi connectivity index (χ1) is 5.52. The van der Waals surface area contributed by atoms with E-state index in [0.29, 0.717) is 5.56 Å². The molecule has 0 amide bonds. The summed E-state index contributed by atoms with van der Waals surface area (Å²) in [5, 5.41) is 9.21. The van der Waals surface area contributed by atoms with Crippen molar-refractivity contribution in [2.75, 3.05) is 0 Å². The van der Waals surface area contributed by atoms with Crippen LogP contribution in [-0.2, 0) is 0 Å². The van der Waals surface area contributed by atoms with Gasteiger partial charge >= 0.3 is 0 Å². The van der Waals surface area contributed by atoms with Crippen molar-refractivity contribution in [3.63, 3.8) is 0 Å². The maximum Gasteiger partial charge on any atom is 0.161 e. The SMILES string of the molecule is CC(=O)c1cc(O)cc(I)c1I. The van der Waals surface area contributed by atoms with Crippen LogP contribution in [0.3, 0.4) is 0 Å². The Kier molecular flexibility index (Phi) is 3.33. The number of halogens is 2. The van der Waals surface area contributed by atoms with Crippen LogP contribution in [0.25, 0.3) is 0 Å². The highest BCUT2D eigenvalue weighted by Crippen LogP contribution is 2.25. The summed E-state index contributed by atoms with van der Waals surface area (Å²) >= 11 is 4.19. The minimum Gasteiger partial charge on any atom is -0.508 e. The van der Waals surface area contributed by atoms with E-state index in [-0.39, 0.29) is 11.5 Å². The second-order valence-electron chi connectivity index (χ2n) is 2.35. The molecule has 0 aliphatic heterocycles. The Balaban J connectivity index is 3.37. The van der Waals surface area contributed by atoms with Crippen molar-refractivity contribution in [1.29, 1.82) is 0 Å². The first kappa shape index (κ1) is 10.2. The average molecular weight is 388 g/mol. The maximum absolute atomic E-state index is 11.1. The lowest BCUT2D eigenvalue weighted by Crippen LogP contribution is -1.97. The van der Waals surface area contributed by atoms with Gasteiger partial charge in [0.25, 0.3) is 0 Å². The summed E-state index contributed by atoms with van der Waals surface area (Å²) < 4.78 is 1.80. The van der Waals surface area contributed by atoms with Crippen molar-refractivity contribution < 1.29 is 9.90 Å². The molecule has 1 aromatic carbocycles. The van der Waals surface area contributed by atoms with Crippen LogP contribution in [0.5, 0.6) is 5.75 Å². The highest BCUT2D eigenvalue weighted by molar-refractivity contribution is 14.1. The largest absolute Gasteiger partial charge is 0.508 e. The van der Waals surface area contributed by atoms with E-state index >= 15 is 0 Å². The molecule has 0 heterocycles. The second kappa shape index (κ2) is 3.91. The first-order valence-electron chi connectivity index (χ1n) is 3.21. The lowest BCUT2D eigenvalue weighted by molar-refractivity contribution is 0.101. The minimum atomic E-state index is -0.0202. The fourth-order valence-corrected chi connectivity index (χ4v) is 2.13. The molecule has 0 atom stereocenters. The van der Waals surface area contributed by atoms with E-state index in [1.165, 1.54) is 13.0 Å². The average Bonchev–Trinajstić information content (AvgIpc) is 1.96. The van der Waals surface area contributed by atoms with Crippen molar-refractivity contribution in [3.05, 3.63) is 24.8 Å². The van der Waals surface area contributed by atoms with Crippen LogP contribution in [0.15, 0.2) is 12.1 Å². The van der Waals surface area contributed by atoms with Crippen LogP contribution in [0.2, 0.25) is 0 Å². The topological polar surface area (TPSA) is 37.3 Å². The van der Waals surface area contributed by atoms with Gasteiger partial charge in [0.05, 0.1) is 0 Å². The van der Waals surface area contributed by atoms with Gasteiger partial charge in [-0.15, -0.1) is 0 Å². The Hall–Kier alpha value is 0.150. The summed E-state index contributed by atoms with van der Waals surface area (Å²) in [6.45, 7) is 1.49. The lowest BCUT2D eigenvalue weighted by Gasteiger charge is -2.03. The Labute approximate surface area is 97.6 Å². The van der Waals surface area contributed by atoms with Crippen LogP contribution in [0.4, 0.5) is 0 Å². The first-order valence-corrected chi connectivity index (χ1v) is 5.37. The van der Waals surface area contributed by atoms with Gasteiger partial charge in [0.1, 0.15) is 5.75 Å². The number of phenolic OH excluding ortho intramolecular Hbond substituents is 1. The Morgan fingerprint density at radius 3 is 2.50 bits per heavy atom. The van der Waals surface area contributed by atoms with Gasteiger partial charge in [-0.3, -0.25) is 4.79 Å². The standard InChI is InChI=1S/C8H6I2O2/c1-4(11)6-2-5(12)3-7(9)8(6)10/h2-3,12H,1H3. The molecule has 0 aliphatic rings. The van der Waals surface area contributed by atoms with E-state index in [0.717, 1.165) is 7.14 Å². The molecule has 0 saturated carbocycles. The molecule has 1 rings (SSSR count). The van der Waals surface area contributed by atoms with Crippen LogP contribution in [0.1, 0.15) is 17.3 Å². The van der Waals surface area contributed by atoms with Crippen LogP contribution >= 0.6 is 45.2 Å². The summed E-state index contributed by atoms with van der Waals surface area (Å²) in [4.78, 5) is 11.1. The predicted molar refractivity (Wildman–Crippen MR) is 63.5 cm³/mol. The summed E-state index contributed by atoms with van der Waals surface area (Å²) in [5.41, 5.74) is 0.583. The monoisotopic (exact) mass is 388 g/mol. The molecule has 0 fully saturated rings. The predicted octanol–water partition coefficient (Wildman–Crippen LogP) is 2.80. The van der Waals surface area contributed by atoms with Crippen LogP contribution in [0, 0.1) is 7.14 Å². The zero-order chi connectivity index (χ0) is 9.30. The Morgan fingerprint density at radius 2 is 2.00 bits per heavy atom. The Bertz CT molecular complexity index is 334. The van der Waals surface area contributed by atoms with E-state index in [1.54, 1.807) is 6.07 Å². The molecule has 1 N–H and O–H groups in total. The molecule has 12 heavy (non-hydrogen) atoms. The van der Waals surface area contributed by atoms with E-state index < -0.39 is 0 Å². The van der Waals surface area contributed by atoms with Gasteiger partial charge in [0.2, 0.25) is 0 Å². The van der Waals surface area contributed by atoms with E-state index in [2.05, 4.69) is 45.2 Å². The zero-order valence-electron chi connectivity index (χ0n) is 6.27. The van der Waals surface area contributed by atoms with Crippen molar-refractivity contribution in [1.82, 2.24) is 0 Å². The van der Waals surface area contributed by atoms with E-state index in [9.17, 15) is 9.90 Å². The number of phenols is 1. The number of ketones is 1. The number of hydrogen-bond acceptors (Lipinski definition) is 2. The number of hydrogen-bond donors (Lipinski definition) is 1. The minimum absolute atomic E-state index is 0.0202. The molecule has 0 spiro atoms. The van der Waals surface area contributed by atoms with Gasteiger partial charge in [-0.2, -0.15) is 0 Å². The number of carbonyl (C=O) groups is 1. The summed E-state index contributed by atoms with van der Waals surface area (Å²) in [6, 6.07) is 3.13. The number of aromatic hydroxyl groups is 1. The molecule has 0 aromatic heterocycles. The number of benzene rings is 1. The molecule has 0 aliphatic carbocycles. The van der Waals surface area contributed by atoms with Gasteiger partial charge in [0.15, 0.2) is 5.78 Å². The van der Waals surface area contributed by atoms with Crippen molar-refractivity contribution >= 4 is 51.0 Å². The van der Waals surface area contributed by atoms with Gasteiger partial charge in [-0.1, -0.05) is 0 Å². The molecule has 2 nitrogen and oxygen atoms in total. The molecular weight excluding hydrogens is 382 g/mol. The fraction of sp³-hybridized carbons (Fsp3) is 0.125. The van der Waals surface area contributed by atoms with Gasteiger partial charge in [-0.25, -0.2) is 0 Å². The highest BCUT2D eigenvalue weighted by Gasteiger charge is 2.09. The Morgan fingerprint density at radius 1 is 1.42 bits per heavy atom. The third-order valence-corrected chi connectivity index (χ3v) is 4.44. The molecule has 64 valence electrons. The number of rotatable bonds is 1. The van der Waals surface area contributed by atoms with Crippen LogP contribution < -0.4 is 0 Å². The third-order valence-electron chi connectivity index (χ3n) is 1.39. The smallest absolute Gasteiger partial charge is 0.161 e. The van der Waals surface area contributed by atoms with Crippen LogP contribution in [-0.4, -0.2) is 10.9 Å². The molecular formula is C8H6I2O2.